The van der Waals surface area contributed by atoms with Gasteiger partial charge in [-0.25, -0.2) is 21.9 Å². The zero-order valence-electron chi connectivity index (χ0n) is 18.4. The Kier molecular flexibility index (Phi) is 6.77. The molecule has 1 N–H and O–H groups in total. The molecule has 174 valence electrons. The van der Waals surface area contributed by atoms with Gasteiger partial charge in [0.15, 0.2) is 0 Å². The van der Waals surface area contributed by atoms with Crippen molar-refractivity contribution in [3.05, 3.63) is 47.7 Å². The van der Waals surface area contributed by atoms with E-state index in [2.05, 4.69) is 15.6 Å². The third-order valence-electron chi connectivity index (χ3n) is 6.19. The van der Waals surface area contributed by atoms with E-state index in [4.69, 9.17) is 0 Å². The third kappa shape index (κ3) is 4.50. The van der Waals surface area contributed by atoms with Gasteiger partial charge in [-0.15, -0.1) is 0 Å². The summed E-state index contributed by atoms with van der Waals surface area (Å²) in [5.41, 5.74) is 3.68. The largest absolute Gasteiger partial charge is 0.335 e. The Hall–Kier alpha value is -2.83. The van der Waals surface area contributed by atoms with Crippen molar-refractivity contribution in [3.8, 4) is 17.5 Å². The van der Waals surface area contributed by atoms with E-state index in [9.17, 15) is 22.5 Å². The maximum Gasteiger partial charge on any atom is 0.242 e. The van der Waals surface area contributed by atoms with Crippen LogP contribution in [0.15, 0.2) is 41.4 Å². The number of nitrogens with zero attached hydrogens (tertiary/aromatic N) is 3. The van der Waals surface area contributed by atoms with Crippen molar-refractivity contribution in [2.75, 3.05) is 13.3 Å². The molecule has 0 spiro atoms. The quantitative estimate of drug-likeness (QED) is 0.526. The second-order valence-electron chi connectivity index (χ2n) is 8.52. The number of hydrogen-bond acceptors (Lipinski definition) is 4. The first-order valence-corrected chi connectivity index (χ1v) is 12.5. The van der Waals surface area contributed by atoms with E-state index in [0.717, 1.165) is 42.1 Å². The highest BCUT2D eigenvalue weighted by Gasteiger charge is 2.27. The Morgan fingerprint density at radius 2 is 1.91 bits per heavy atom. The molecule has 4 rings (SSSR count). The molecule has 1 fully saturated rings. The molecule has 1 saturated carbocycles. The smallest absolute Gasteiger partial charge is 0.242 e. The van der Waals surface area contributed by atoms with E-state index < -0.39 is 29.4 Å². The molecule has 9 heteroatoms. The van der Waals surface area contributed by atoms with E-state index in [1.807, 2.05) is 29.8 Å². The maximum absolute atomic E-state index is 12.8. The van der Waals surface area contributed by atoms with Crippen LogP contribution in [0.3, 0.4) is 0 Å². The molecule has 2 aromatic heterocycles. The van der Waals surface area contributed by atoms with Crippen molar-refractivity contribution < 1.29 is 17.2 Å². The van der Waals surface area contributed by atoms with E-state index in [1.54, 1.807) is 6.07 Å². The van der Waals surface area contributed by atoms with Gasteiger partial charge in [0.05, 0.1) is 28.5 Å². The Bertz CT molecular complexity index is 1290. The number of nitrogens with one attached hydrogen (secondary N) is 1. The number of aromatic nitrogens is 2. The van der Waals surface area contributed by atoms with Gasteiger partial charge < -0.3 is 4.57 Å². The molecule has 0 saturated heterocycles. The first-order valence-electron chi connectivity index (χ1n) is 11.0. The molecule has 0 amide bonds. The average molecular weight is 473 g/mol. The van der Waals surface area contributed by atoms with E-state index in [-0.39, 0.29) is 10.9 Å². The number of benzene rings is 1. The Morgan fingerprint density at radius 3 is 2.52 bits per heavy atom. The molecule has 0 bridgehead atoms. The van der Waals surface area contributed by atoms with Crippen molar-refractivity contribution >= 4 is 20.9 Å². The fourth-order valence-corrected chi connectivity index (χ4v) is 5.72. The lowest BCUT2D eigenvalue weighted by molar-refractivity contribution is 0.334. The van der Waals surface area contributed by atoms with Gasteiger partial charge in [-0.3, -0.25) is 4.98 Å². The SMILES string of the molecule is Cc1ccc2c(c1)c(C#N)c(-c1ccc(S(=O)(=O)NC(CF)CF)cn1)n2C1CCCCC1. The number of pyridine rings is 1. The van der Waals surface area contributed by atoms with Gasteiger partial charge in [0.25, 0.3) is 0 Å². The minimum Gasteiger partial charge on any atom is -0.335 e. The summed E-state index contributed by atoms with van der Waals surface area (Å²) in [4.78, 5) is 4.19. The highest BCUT2D eigenvalue weighted by molar-refractivity contribution is 7.89. The molecule has 1 aromatic carbocycles. The van der Waals surface area contributed by atoms with Crippen LogP contribution >= 0.6 is 0 Å². The molecule has 0 atom stereocenters. The van der Waals surface area contributed by atoms with Crippen LogP contribution in [-0.4, -0.2) is 37.4 Å². The van der Waals surface area contributed by atoms with Crippen molar-refractivity contribution in [1.29, 1.82) is 5.26 Å². The molecule has 33 heavy (non-hydrogen) atoms. The number of rotatable bonds is 7. The van der Waals surface area contributed by atoms with Crippen LogP contribution < -0.4 is 4.72 Å². The monoisotopic (exact) mass is 472 g/mol. The van der Waals surface area contributed by atoms with Gasteiger partial charge in [-0.05, 0) is 44.0 Å². The summed E-state index contributed by atoms with van der Waals surface area (Å²) in [7, 11) is -4.12. The lowest BCUT2D eigenvalue weighted by atomic mass is 9.95. The number of alkyl halides is 2. The van der Waals surface area contributed by atoms with Crippen molar-refractivity contribution in [3.63, 3.8) is 0 Å². The van der Waals surface area contributed by atoms with Gasteiger partial charge in [0, 0.05) is 17.6 Å². The van der Waals surface area contributed by atoms with Crippen molar-refractivity contribution in [2.24, 2.45) is 0 Å². The van der Waals surface area contributed by atoms with Gasteiger partial charge in [0.2, 0.25) is 10.0 Å². The van der Waals surface area contributed by atoms with Crippen LogP contribution in [0.4, 0.5) is 8.78 Å². The first kappa shape index (κ1) is 23.3. The standard InChI is InChI=1S/C24H26F2N4O2S/c1-16-7-10-23-20(11-16)21(14-27)24(30(23)18-5-3-2-4-6-18)22-9-8-19(15-28-22)33(31,32)29-17(12-25)13-26/h7-11,15,17-18,29H,2-6,12-13H2,1H3. The van der Waals surface area contributed by atoms with Crippen LogP contribution in [-0.2, 0) is 10.0 Å². The second kappa shape index (κ2) is 9.57. The summed E-state index contributed by atoms with van der Waals surface area (Å²) in [5, 5.41) is 10.9. The second-order valence-corrected chi connectivity index (χ2v) is 10.2. The van der Waals surface area contributed by atoms with Gasteiger partial charge in [-0.2, -0.15) is 5.26 Å². The van der Waals surface area contributed by atoms with E-state index in [1.165, 1.54) is 18.7 Å². The van der Waals surface area contributed by atoms with E-state index in [0.29, 0.717) is 17.0 Å². The van der Waals surface area contributed by atoms with Crippen LogP contribution in [0, 0.1) is 18.3 Å². The minimum atomic E-state index is -4.12. The fraction of sp³-hybridized carbons (Fsp3) is 0.417. The lowest BCUT2D eigenvalue weighted by Crippen LogP contribution is -2.37. The topological polar surface area (TPSA) is 87.8 Å². The molecule has 1 aliphatic rings. The highest BCUT2D eigenvalue weighted by Crippen LogP contribution is 2.40. The lowest BCUT2D eigenvalue weighted by Gasteiger charge is -2.26. The van der Waals surface area contributed by atoms with Crippen LogP contribution in [0.1, 0.15) is 49.3 Å². The summed E-state index contributed by atoms with van der Waals surface area (Å²) >= 11 is 0. The normalized spacial score (nSPS) is 15.2. The number of nitriles is 1. The fourth-order valence-electron chi connectivity index (χ4n) is 4.58. The molecular formula is C24H26F2N4O2S. The highest BCUT2D eigenvalue weighted by atomic mass is 32.2. The van der Waals surface area contributed by atoms with Gasteiger partial charge >= 0.3 is 0 Å². The summed E-state index contributed by atoms with van der Waals surface area (Å²) in [5.74, 6) is 0. The number of sulfonamides is 1. The van der Waals surface area contributed by atoms with Crippen LogP contribution in [0.5, 0.6) is 0 Å². The zero-order valence-corrected chi connectivity index (χ0v) is 19.2. The predicted octanol–water partition coefficient (Wildman–Crippen LogP) is 4.97. The molecule has 0 unspecified atom stereocenters. The molecule has 6 nitrogen and oxygen atoms in total. The molecule has 3 aromatic rings. The van der Waals surface area contributed by atoms with E-state index >= 15 is 0 Å². The Morgan fingerprint density at radius 1 is 1.18 bits per heavy atom. The number of hydrogen-bond donors (Lipinski definition) is 1. The summed E-state index contributed by atoms with van der Waals surface area (Å²) in [6.45, 7) is -0.313. The number of halogens is 2. The molecule has 0 radical (unpaired) electrons. The number of fused-ring (bicyclic) bond motifs is 1. The van der Waals surface area contributed by atoms with Crippen molar-refractivity contribution in [2.45, 2.75) is 56.0 Å². The first-order chi connectivity index (χ1) is 15.9. The Balaban J connectivity index is 1.83. The van der Waals surface area contributed by atoms with Gasteiger partial charge in [0.1, 0.15) is 24.3 Å². The van der Waals surface area contributed by atoms with Crippen LogP contribution in [0.2, 0.25) is 0 Å². The summed E-state index contributed by atoms with van der Waals surface area (Å²) in [6, 6.07) is 10.1. The molecule has 1 aliphatic carbocycles. The maximum atomic E-state index is 12.8. The molecule has 0 aliphatic heterocycles. The van der Waals surface area contributed by atoms with Crippen molar-refractivity contribution in [1.82, 2.24) is 14.3 Å². The molecular weight excluding hydrogens is 446 g/mol. The van der Waals surface area contributed by atoms with Gasteiger partial charge in [-0.1, -0.05) is 30.9 Å². The summed E-state index contributed by atoms with van der Waals surface area (Å²) < 4.78 is 54.8. The third-order valence-corrected chi connectivity index (χ3v) is 7.70. The summed E-state index contributed by atoms with van der Waals surface area (Å²) in [6.07, 6.45) is 6.57. The minimum absolute atomic E-state index is 0.187. The average Bonchev–Trinajstić information content (AvgIpc) is 3.16. The zero-order chi connectivity index (χ0) is 23.6. The Labute approximate surface area is 192 Å². The van der Waals surface area contributed by atoms with Crippen LogP contribution in [0.25, 0.3) is 22.3 Å². The predicted molar refractivity (Wildman–Crippen MR) is 123 cm³/mol. The molecule has 2 heterocycles. The number of aryl methyl sites for hydroxylation is 1.